The van der Waals surface area contributed by atoms with E-state index in [4.69, 9.17) is 0 Å². The zero-order chi connectivity index (χ0) is 15.3. The molecule has 2 aliphatic rings. The van der Waals surface area contributed by atoms with Gasteiger partial charge in [0.25, 0.3) is 0 Å². The summed E-state index contributed by atoms with van der Waals surface area (Å²) in [6.07, 6.45) is 8.92. The van der Waals surface area contributed by atoms with Crippen LogP contribution in [-0.2, 0) is 0 Å². The lowest BCUT2D eigenvalue weighted by molar-refractivity contribution is -0.0820. The van der Waals surface area contributed by atoms with Crippen molar-refractivity contribution in [1.29, 1.82) is 0 Å². The standard InChI is InChI=1S/C17H24F4/c18-16(12-17(19,20)21)15-10-8-14(9-11-15)7-6-13-4-2-1-3-5-13/h6-7,12-15H,1-5,8-11H2/b7-6+,16-12-. The molecule has 120 valence electrons. The molecule has 0 nitrogen and oxygen atoms in total. The van der Waals surface area contributed by atoms with Gasteiger partial charge in [0.15, 0.2) is 0 Å². The van der Waals surface area contributed by atoms with Crippen molar-refractivity contribution in [2.24, 2.45) is 17.8 Å². The first-order chi connectivity index (χ1) is 9.94. The van der Waals surface area contributed by atoms with Crippen molar-refractivity contribution in [2.45, 2.75) is 64.0 Å². The summed E-state index contributed by atoms with van der Waals surface area (Å²) >= 11 is 0. The van der Waals surface area contributed by atoms with Crippen LogP contribution in [0.1, 0.15) is 57.8 Å². The van der Waals surface area contributed by atoms with Crippen LogP contribution in [0.15, 0.2) is 24.1 Å². The molecule has 0 aromatic rings. The summed E-state index contributed by atoms with van der Waals surface area (Å²) in [4.78, 5) is 0. The van der Waals surface area contributed by atoms with Crippen LogP contribution < -0.4 is 0 Å². The van der Waals surface area contributed by atoms with Crippen LogP contribution in [0, 0.1) is 17.8 Å². The van der Waals surface area contributed by atoms with Crippen molar-refractivity contribution in [2.75, 3.05) is 0 Å². The number of hydrogen-bond donors (Lipinski definition) is 0. The van der Waals surface area contributed by atoms with Crippen molar-refractivity contribution in [3.05, 3.63) is 24.1 Å². The van der Waals surface area contributed by atoms with Gasteiger partial charge < -0.3 is 0 Å². The first-order valence-corrected chi connectivity index (χ1v) is 8.07. The molecule has 2 aliphatic carbocycles. The maximum Gasteiger partial charge on any atom is 0.412 e. The third kappa shape index (κ3) is 5.84. The Morgan fingerprint density at radius 1 is 0.762 bits per heavy atom. The minimum atomic E-state index is -4.54. The third-order valence-corrected chi connectivity index (χ3v) is 4.77. The number of rotatable bonds is 3. The zero-order valence-electron chi connectivity index (χ0n) is 12.3. The molecular formula is C17H24F4. The Morgan fingerprint density at radius 2 is 1.29 bits per heavy atom. The van der Waals surface area contributed by atoms with Gasteiger partial charge in [0.05, 0.1) is 6.08 Å². The average molecular weight is 304 g/mol. The molecule has 0 atom stereocenters. The molecule has 0 N–H and O–H groups in total. The third-order valence-electron chi connectivity index (χ3n) is 4.77. The Hall–Kier alpha value is -0.800. The van der Waals surface area contributed by atoms with Crippen LogP contribution in [0.4, 0.5) is 17.6 Å². The molecule has 2 saturated carbocycles. The molecule has 0 aliphatic heterocycles. The Labute approximate surface area is 124 Å². The van der Waals surface area contributed by atoms with Crippen molar-refractivity contribution < 1.29 is 17.6 Å². The molecule has 0 unspecified atom stereocenters. The van der Waals surface area contributed by atoms with Crippen molar-refractivity contribution in [3.63, 3.8) is 0 Å². The molecule has 0 bridgehead atoms. The minimum absolute atomic E-state index is 0.171. The molecule has 0 heterocycles. The summed E-state index contributed by atoms with van der Waals surface area (Å²) in [6, 6.07) is 0. The van der Waals surface area contributed by atoms with E-state index in [0.717, 1.165) is 12.8 Å². The van der Waals surface area contributed by atoms with Gasteiger partial charge in [-0.25, -0.2) is 4.39 Å². The maximum absolute atomic E-state index is 13.5. The van der Waals surface area contributed by atoms with Gasteiger partial charge in [-0.3, -0.25) is 0 Å². The van der Waals surface area contributed by atoms with E-state index in [-0.39, 0.29) is 6.08 Å². The van der Waals surface area contributed by atoms with Gasteiger partial charge in [-0.1, -0.05) is 31.4 Å². The molecule has 21 heavy (non-hydrogen) atoms. The van der Waals surface area contributed by atoms with Crippen LogP contribution >= 0.6 is 0 Å². The molecule has 0 amide bonds. The number of alkyl halides is 3. The van der Waals surface area contributed by atoms with Gasteiger partial charge in [0.1, 0.15) is 5.83 Å². The molecule has 0 spiro atoms. The first kappa shape index (κ1) is 16.6. The SMILES string of the molecule is F/C(=C\C(F)(F)F)C1CCC(/C=C/C2CCCCC2)CC1. The fourth-order valence-corrected chi connectivity index (χ4v) is 3.50. The van der Waals surface area contributed by atoms with Gasteiger partial charge in [-0.2, -0.15) is 13.2 Å². The smallest absolute Gasteiger partial charge is 0.212 e. The second-order valence-corrected chi connectivity index (χ2v) is 6.47. The summed E-state index contributed by atoms with van der Waals surface area (Å²) in [5, 5.41) is 0. The first-order valence-electron chi connectivity index (χ1n) is 8.07. The van der Waals surface area contributed by atoms with Crippen molar-refractivity contribution >= 4 is 0 Å². The van der Waals surface area contributed by atoms with Gasteiger partial charge in [0, 0.05) is 5.92 Å². The number of hydrogen-bond acceptors (Lipinski definition) is 0. The van der Waals surface area contributed by atoms with Crippen LogP contribution in [0.25, 0.3) is 0 Å². The van der Waals surface area contributed by atoms with E-state index in [1.54, 1.807) is 0 Å². The quantitative estimate of drug-likeness (QED) is 0.421. The Bertz CT molecular complexity index is 367. The molecule has 0 radical (unpaired) electrons. The van der Waals surface area contributed by atoms with Gasteiger partial charge in [0.2, 0.25) is 0 Å². The normalized spacial score (nSPS) is 30.0. The predicted octanol–water partition coefficient (Wildman–Crippen LogP) is 6.35. The van der Waals surface area contributed by atoms with Crippen molar-refractivity contribution in [1.82, 2.24) is 0 Å². The Morgan fingerprint density at radius 3 is 1.81 bits per heavy atom. The summed E-state index contributed by atoms with van der Waals surface area (Å²) in [7, 11) is 0. The summed E-state index contributed by atoms with van der Waals surface area (Å²) in [5.41, 5.74) is 0. The fraction of sp³-hybridized carbons (Fsp3) is 0.765. The lowest BCUT2D eigenvalue weighted by Gasteiger charge is -2.26. The largest absolute Gasteiger partial charge is 0.412 e. The fourth-order valence-electron chi connectivity index (χ4n) is 3.50. The second kappa shape index (κ2) is 7.46. The average Bonchev–Trinajstić information content (AvgIpc) is 2.45. The van der Waals surface area contributed by atoms with E-state index < -0.39 is 17.9 Å². The van der Waals surface area contributed by atoms with Crippen LogP contribution in [0.3, 0.4) is 0 Å². The van der Waals surface area contributed by atoms with E-state index in [1.165, 1.54) is 32.1 Å². The Kier molecular flexibility index (Phi) is 5.88. The van der Waals surface area contributed by atoms with Gasteiger partial charge in [-0.05, 0) is 50.4 Å². The topological polar surface area (TPSA) is 0 Å². The lowest BCUT2D eigenvalue weighted by atomic mass is 9.80. The van der Waals surface area contributed by atoms with E-state index in [1.807, 2.05) is 0 Å². The van der Waals surface area contributed by atoms with E-state index in [0.29, 0.717) is 24.7 Å². The molecule has 2 fully saturated rings. The molecule has 0 saturated heterocycles. The molecule has 0 aromatic heterocycles. The highest BCUT2D eigenvalue weighted by Crippen LogP contribution is 2.36. The van der Waals surface area contributed by atoms with Gasteiger partial charge in [-0.15, -0.1) is 0 Å². The highest BCUT2D eigenvalue weighted by molar-refractivity contribution is 5.04. The van der Waals surface area contributed by atoms with Crippen LogP contribution in [-0.4, -0.2) is 6.18 Å². The maximum atomic E-state index is 13.5. The number of allylic oxidation sites excluding steroid dienone is 4. The van der Waals surface area contributed by atoms with Crippen LogP contribution in [0.5, 0.6) is 0 Å². The summed E-state index contributed by atoms with van der Waals surface area (Å²) < 4.78 is 49.9. The second-order valence-electron chi connectivity index (χ2n) is 6.47. The lowest BCUT2D eigenvalue weighted by Crippen LogP contribution is -2.15. The highest BCUT2D eigenvalue weighted by Gasteiger charge is 2.29. The monoisotopic (exact) mass is 304 g/mol. The molecular weight excluding hydrogens is 280 g/mol. The summed E-state index contributed by atoms with van der Waals surface area (Å²) in [5.74, 6) is -0.427. The zero-order valence-corrected chi connectivity index (χ0v) is 12.3. The molecule has 0 aromatic carbocycles. The van der Waals surface area contributed by atoms with E-state index >= 15 is 0 Å². The molecule has 4 heteroatoms. The van der Waals surface area contributed by atoms with E-state index in [9.17, 15) is 17.6 Å². The predicted molar refractivity (Wildman–Crippen MR) is 76.4 cm³/mol. The van der Waals surface area contributed by atoms with Gasteiger partial charge >= 0.3 is 6.18 Å². The Balaban J connectivity index is 1.77. The number of halogens is 4. The van der Waals surface area contributed by atoms with E-state index in [2.05, 4.69) is 12.2 Å². The van der Waals surface area contributed by atoms with Crippen molar-refractivity contribution in [3.8, 4) is 0 Å². The van der Waals surface area contributed by atoms with Crippen LogP contribution in [0.2, 0.25) is 0 Å². The summed E-state index contributed by atoms with van der Waals surface area (Å²) in [6.45, 7) is 0. The molecule has 2 rings (SSSR count). The minimum Gasteiger partial charge on any atom is -0.212 e. The highest BCUT2D eigenvalue weighted by atomic mass is 19.4.